The molecule has 0 unspecified atom stereocenters. The van der Waals surface area contributed by atoms with Crippen molar-refractivity contribution in [2.45, 2.75) is 5.03 Å². The van der Waals surface area contributed by atoms with E-state index in [4.69, 9.17) is 0 Å². The maximum atomic E-state index is 12.6. The number of piperazine rings is 1. The van der Waals surface area contributed by atoms with Crippen LogP contribution in [0.5, 0.6) is 0 Å². The molecule has 1 aromatic carbocycles. The van der Waals surface area contributed by atoms with Crippen LogP contribution in [0.2, 0.25) is 0 Å². The summed E-state index contributed by atoms with van der Waals surface area (Å²) in [7, 11) is 2.09. The van der Waals surface area contributed by atoms with Gasteiger partial charge in [0.15, 0.2) is 0 Å². The molecular formula is C19H19BrN4OS2. The van der Waals surface area contributed by atoms with Crippen LogP contribution < -0.4 is 0 Å². The van der Waals surface area contributed by atoms with E-state index in [1.54, 1.807) is 17.7 Å². The molecule has 1 fully saturated rings. The third-order valence-electron chi connectivity index (χ3n) is 4.68. The van der Waals surface area contributed by atoms with Crippen LogP contribution in [0.15, 0.2) is 45.5 Å². The Labute approximate surface area is 174 Å². The van der Waals surface area contributed by atoms with Crippen molar-refractivity contribution >= 4 is 55.2 Å². The SMILES string of the molecule is CN1CCN(C(=O)CSc2ncnc3scc(-c4ccc(Br)cc4)c23)CC1. The summed E-state index contributed by atoms with van der Waals surface area (Å²) in [6, 6.07) is 8.24. The minimum atomic E-state index is 0.181. The van der Waals surface area contributed by atoms with Crippen molar-refractivity contribution in [3.63, 3.8) is 0 Å². The van der Waals surface area contributed by atoms with Crippen molar-refractivity contribution in [2.24, 2.45) is 0 Å². The number of carbonyl (C=O) groups excluding carboxylic acids is 1. The lowest BCUT2D eigenvalue weighted by Gasteiger charge is -2.32. The van der Waals surface area contributed by atoms with Crippen LogP contribution in [0.1, 0.15) is 0 Å². The number of hydrogen-bond donors (Lipinski definition) is 0. The Hall–Kier alpha value is -1.48. The maximum Gasteiger partial charge on any atom is 0.233 e. The third kappa shape index (κ3) is 4.18. The van der Waals surface area contributed by atoms with Crippen molar-refractivity contribution in [3.05, 3.63) is 40.4 Å². The predicted molar refractivity (Wildman–Crippen MR) is 115 cm³/mol. The van der Waals surface area contributed by atoms with E-state index in [0.717, 1.165) is 57.0 Å². The van der Waals surface area contributed by atoms with Gasteiger partial charge >= 0.3 is 0 Å². The molecule has 0 spiro atoms. The number of carbonyl (C=O) groups is 1. The molecule has 5 nitrogen and oxygen atoms in total. The lowest BCUT2D eigenvalue weighted by atomic mass is 10.1. The molecule has 140 valence electrons. The molecule has 27 heavy (non-hydrogen) atoms. The Balaban J connectivity index is 1.56. The topological polar surface area (TPSA) is 49.3 Å². The van der Waals surface area contributed by atoms with E-state index < -0.39 is 0 Å². The van der Waals surface area contributed by atoms with Gasteiger partial charge < -0.3 is 9.80 Å². The monoisotopic (exact) mass is 462 g/mol. The van der Waals surface area contributed by atoms with Crippen LogP contribution >= 0.6 is 39.0 Å². The van der Waals surface area contributed by atoms with E-state index >= 15 is 0 Å². The number of halogens is 1. The first-order valence-corrected chi connectivity index (χ1v) is 11.3. The average Bonchev–Trinajstić information content (AvgIpc) is 3.12. The zero-order chi connectivity index (χ0) is 18.8. The first kappa shape index (κ1) is 18.9. The summed E-state index contributed by atoms with van der Waals surface area (Å²) in [5.74, 6) is 0.589. The quantitative estimate of drug-likeness (QED) is 0.433. The van der Waals surface area contributed by atoms with E-state index in [1.165, 1.54) is 11.8 Å². The number of amides is 1. The van der Waals surface area contributed by atoms with Crippen LogP contribution in [-0.4, -0.2) is 64.7 Å². The van der Waals surface area contributed by atoms with Gasteiger partial charge in [0, 0.05) is 41.6 Å². The smallest absolute Gasteiger partial charge is 0.233 e. The Morgan fingerprint density at radius 2 is 1.93 bits per heavy atom. The number of hydrogen-bond acceptors (Lipinski definition) is 6. The zero-order valence-corrected chi connectivity index (χ0v) is 18.1. The molecule has 0 atom stereocenters. The van der Waals surface area contributed by atoms with Gasteiger partial charge in [0.05, 0.1) is 11.1 Å². The standard InChI is InChI=1S/C19H19BrN4OS2/c1-23-6-8-24(9-7-23)16(25)11-27-19-17-15(10-26-18(17)21-12-22-19)13-2-4-14(20)5-3-13/h2-5,10,12H,6-9,11H2,1H3. The zero-order valence-electron chi connectivity index (χ0n) is 14.9. The number of fused-ring (bicyclic) bond motifs is 1. The molecular weight excluding hydrogens is 444 g/mol. The van der Waals surface area contributed by atoms with Crippen LogP contribution in [0.4, 0.5) is 0 Å². The Morgan fingerprint density at radius 3 is 2.67 bits per heavy atom. The van der Waals surface area contributed by atoms with Crippen LogP contribution in [0, 0.1) is 0 Å². The van der Waals surface area contributed by atoms with Gasteiger partial charge in [-0.15, -0.1) is 11.3 Å². The number of aromatic nitrogens is 2. The van der Waals surface area contributed by atoms with E-state index in [0.29, 0.717) is 5.75 Å². The molecule has 1 aliphatic heterocycles. The summed E-state index contributed by atoms with van der Waals surface area (Å²) < 4.78 is 1.05. The van der Waals surface area contributed by atoms with Gasteiger partial charge in [-0.25, -0.2) is 9.97 Å². The number of rotatable bonds is 4. The van der Waals surface area contributed by atoms with Gasteiger partial charge in [-0.05, 0) is 24.7 Å². The summed E-state index contributed by atoms with van der Waals surface area (Å²) in [5.41, 5.74) is 2.25. The normalized spacial score (nSPS) is 15.4. The number of thioether (sulfide) groups is 1. The van der Waals surface area contributed by atoms with Crippen molar-refractivity contribution in [3.8, 4) is 11.1 Å². The molecule has 0 saturated carbocycles. The fourth-order valence-electron chi connectivity index (χ4n) is 3.08. The third-order valence-corrected chi connectivity index (χ3v) is 7.07. The Morgan fingerprint density at radius 1 is 1.19 bits per heavy atom. The minimum absolute atomic E-state index is 0.181. The van der Waals surface area contributed by atoms with Gasteiger partial charge in [0.25, 0.3) is 0 Å². The predicted octanol–water partition coefficient (Wildman–Crippen LogP) is 3.99. The summed E-state index contributed by atoms with van der Waals surface area (Å²) in [6.07, 6.45) is 1.59. The number of thiophene rings is 1. The Kier molecular flexibility index (Phi) is 5.77. The second-order valence-corrected chi connectivity index (χ2v) is 9.23. The number of benzene rings is 1. The second kappa shape index (κ2) is 8.26. The largest absolute Gasteiger partial charge is 0.339 e. The van der Waals surface area contributed by atoms with E-state index in [9.17, 15) is 4.79 Å². The van der Waals surface area contributed by atoms with Gasteiger partial charge in [-0.2, -0.15) is 0 Å². The highest BCUT2D eigenvalue weighted by atomic mass is 79.9. The molecule has 1 amide bonds. The molecule has 1 saturated heterocycles. The van der Waals surface area contributed by atoms with E-state index in [2.05, 4.69) is 55.4 Å². The molecule has 8 heteroatoms. The molecule has 4 rings (SSSR count). The second-order valence-electron chi connectivity index (χ2n) is 6.49. The van der Waals surface area contributed by atoms with Crippen molar-refractivity contribution in [2.75, 3.05) is 39.0 Å². The first-order chi connectivity index (χ1) is 13.1. The molecule has 0 bridgehead atoms. The molecule has 3 aromatic rings. The summed E-state index contributed by atoms with van der Waals surface area (Å²) >= 11 is 6.61. The average molecular weight is 463 g/mol. The number of nitrogens with zero attached hydrogens (tertiary/aromatic N) is 4. The van der Waals surface area contributed by atoms with E-state index in [1.807, 2.05) is 17.0 Å². The maximum absolute atomic E-state index is 12.6. The molecule has 3 heterocycles. The highest BCUT2D eigenvalue weighted by Gasteiger charge is 2.20. The first-order valence-electron chi connectivity index (χ1n) is 8.69. The van der Waals surface area contributed by atoms with Gasteiger partial charge in [0.1, 0.15) is 16.2 Å². The molecule has 1 aliphatic rings. The minimum Gasteiger partial charge on any atom is -0.339 e. The summed E-state index contributed by atoms with van der Waals surface area (Å²) in [5, 5.41) is 4.04. The fourth-order valence-corrected chi connectivity index (χ4v) is 5.24. The lowest BCUT2D eigenvalue weighted by Crippen LogP contribution is -2.47. The van der Waals surface area contributed by atoms with Crippen molar-refractivity contribution in [1.82, 2.24) is 19.8 Å². The highest BCUT2D eigenvalue weighted by Crippen LogP contribution is 2.38. The van der Waals surface area contributed by atoms with E-state index in [-0.39, 0.29) is 5.91 Å². The van der Waals surface area contributed by atoms with Crippen molar-refractivity contribution in [1.29, 1.82) is 0 Å². The molecule has 0 aliphatic carbocycles. The van der Waals surface area contributed by atoms with Crippen LogP contribution in [0.3, 0.4) is 0 Å². The van der Waals surface area contributed by atoms with Crippen molar-refractivity contribution < 1.29 is 4.79 Å². The lowest BCUT2D eigenvalue weighted by molar-refractivity contribution is -0.129. The Bertz CT molecular complexity index is 952. The summed E-state index contributed by atoms with van der Waals surface area (Å²) in [4.78, 5) is 26.6. The molecule has 0 N–H and O–H groups in total. The fraction of sp³-hybridized carbons (Fsp3) is 0.316. The summed E-state index contributed by atoms with van der Waals surface area (Å²) in [6.45, 7) is 3.48. The number of likely N-dealkylation sites (N-methyl/N-ethyl adjacent to an activating group) is 1. The molecule has 2 aromatic heterocycles. The van der Waals surface area contributed by atoms with Crippen LogP contribution in [0.25, 0.3) is 21.3 Å². The van der Waals surface area contributed by atoms with Gasteiger partial charge in [-0.3, -0.25) is 4.79 Å². The highest BCUT2D eigenvalue weighted by molar-refractivity contribution is 9.10. The van der Waals surface area contributed by atoms with Gasteiger partial charge in [-0.1, -0.05) is 39.8 Å². The van der Waals surface area contributed by atoms with Gasteiger partial charge in [0.2, 0.25) is 5.91 Å². The van der Waals surface area contributed by atoms with Crippen LogP contribution in [-0.2, 0) is 4.79 Å². The molecule has 0 radical (unpaired) electrons.